The summed E-state index contributed by atoms with van der Waals surface area (Å²) in [6.07, 6.45) is 3.99. The molecule has 3 aromatic rings. The van der Waals surface area contributed by atoms with Crippen molar-refractivity contribution < 1.29 is 23.8 Å². The van der Waals surface area contributed by atoms with Gasteiger partial charge in [0, 0.05) is 17.0 Å². The molecule has 0 aliphatic heterocycles. The fourth-order valence-electron chi connectivity index (χ4n) is 3.35. The average molecular weight is 544 g/mol. The number of carbonyl (C=O) groups is 2. The number of benzene rings is 2. The Labute approximate surface area is 211 Å². The van der Waals surface area contributed by atoms with Gasteiger partial charge in [0.15, 0.2) is 11.5 Å². The van der Waals surface area contributed by atoms with E-state index in [0.717, 1.165) is 23.1 Å². The molecular weight excluding hydrogens is 518 g/mol. The number of esters is 1. The predicted molar refractivity (Wildman–Crippen MR) is 140 cm³/mol. The highest BCUT2D eigenvalue weighted by atomic mass is 79.9. The first-order valence-electron chi connectivity index (χ1n) is 10.7. The van der Waals surface area contributed by atoms with Crippen molar-refractivity contribution in [3.05, 3.63) is 69.0 Å². The maximum absolute atomic E-state index is 12.8. The topological polar surface area (TPSA) is 73.9 Å². The van der Waals surface area contributed by atoms with Crippen molar-refractivity contribution in [3.63, 3.8) is 0 Å². The molecule has 1 N–H and O–H groups in total. The van der Waals surface area contributed by atoms with E-state index in [-0.39, 0.29) is 12.5 Å². The molecule has 0 atom stereocenters. The molecule has 178 valence electrons. The maximum Gasteiger partial charge on any atom is 0.341 e. The van der Waals surface area contributed by atoms with Crippen molar-refractivity contribution in [2.45, 2.75) is 20.3 Å². The Balaban J connectivity index is 1.87. The summed E-state index contributed by atoms with van der Waals surface area (Å²) in [7, 11) is 3.10. The van der Waals surface area contributed by atoms with E-state index < -0.39 is 5.97 Å². The molecule has 8 heteroatoms. The van der Waals surface area contributed by atoms with Crippen molar-refractivity contribution in [1.29, 1.82) is 0 Å². The lowest BCUT2D eigenvalue weighted by molar-refractivity contribution is -0.111. The van der Waals surface area contributed by atoms with Crippen molar-refractivity contribution in [2.24, 2.45) is 0 Å². The number of nitrogens with one attached hydrogen (secondary N) is 1. The van der Waals surface area contributed by atoms with Crippen LogP contribution in [0.5, 0.6) is 11.5 Å². The summed E-state index contributed by atoms with van der Waals surface area (Å²) in [5.41, 5.74) is 3.92. The van der Waals surface area contributed by atoms with Crippen LogP contribution in [-0.4, -0.2) is 32.7 Å². The molecule has 2 aromatic carbocycles. The zero-order chi connectivity index (χ0) is 24.7. The van der Waals surface area contributed by atoms with Crippen LogP contribution in [0.1, 0.15) is 35.3 Å². The second-order valence-electron chi connectivity index (χ2n) is 7.19. The lowest BCUT2D eigenvalue weighted by Gasteiger charge is -2.10. The van der Waals surface area contributed by atoms with E-state index in [1.807, 2.05) is 35.7 Å². The highest BCUT2D eigenvalue weighted by molar-refractivity contribution is 9.10. The van der Waals surface area contributed by atoms with Crippen LogP contribution in [0.25, 0.3) is 17.2 Å². The van der Waals surface area contributed by atoms with Gasteiger partial charge in [-0.3, -0.25) is 4.79 Å². The summed E-state index contributed by atoms with van der Waals surface area (Å²) in [5.74, 6) is 0.271. The van der Waals surface area contributed by atoms with Crippen molar-refractivity contribution in [1.82, 2.24) is 0 Å². The van der Waals surface area contributed by atoms with E-state index in [4.69, 9.17) is 14.2 Å². The number of halogens is 1. The third-order valence-corrected chi connectivity index (χ3v) is 6.55. The molecule has 1 heterocycles. The maximum atomic E-state index is 12.8. The number of hydrogen-bond acceptors (Lipinski definition) is 6. The van der Waals surface area contributed by atoms with E-state index in [1.54, 1.807) is 33.3 Å². The van der Waals surface area contributed by atoms with Crippen LogP contribution in [-0.2, 0) is 16.0 Å². The summed E-state index contributed by atoms with van der Waals surface area (Å²) < 4.78 is 16.6. The number of methoxy groups -OCH3 is 2. The molecule has 3 rings (SSSR count). The molecule has 34 heavy (non-hydrogen) atoms. The standard InChI is InChI=1S/C26H26BrNO5S/c1-5-16-7-10-18(11-8-16)19-15-34-25(23(19)26(30)33-6-2)28-22(29)12-9-17-13-20(27)24(32-4)21(14-17)31-3/h7-15H,5-6H2,1-4H3,(H,28,29). The van der Waals surface area contributed by atoms with Crippen LogP contribution in [0.3, 0.4) is 0 Å². The van der Waals surface area contributed by atoms with Gasteiger partial charge in [0.25, 0.3) is 0 Å². The van der Waals surface area contributed by atoms with E-state index in [2.05, 4.69) is 28.2 Å². The molecule has 0 saturated heterocycles. The Morgan fingerprint density at radius 1 is 1.09 bits per heavy atom. The van der Waals surface area contributed by atoms with Crippen LogP contribution >= 0.6 is 27.3 Å². The summed E-state index contributed by atoms with van der Waals surface area (Å²) in [6, 6.07) is 11.6. The number of anilines is 1. The lowest BCUT2D eigenvalue weighted by atomic mass is 10.0. The minimum Gasteiger partial charge on any atom is -0.493 e. The first-order chi connectivity index (χ1) is 16.4. The van der Waals surface area contributed by atoms with Crippen LogP contribution in [0.2, 0.25) is 0 Å². The monoisotopic (exact) mass is 543 g/mol. The molecule has 0 bridgehead atoms. The Bertz CT molecular complexity index is 1200. The zero-order valence-electron chi connectivity index (χ0n) is 19.4. The van der Waals surface area contributed by atoms with E-state index in [9.17, 15) is 9.59 Å². The molecule has 1 amide bonds. The summed E-state index contributed by atoms with van der Waals surface area (Å²) in [4.78, 5) is 25.5. The molecule has 1 aromatic heterocycles. The van der Waals surface area contributed by atoms with Crippen molar-refractivity contribution in [2.75, 3.05) is 26.1 Å². The molecule has 0 saturated carbocycles. The number of carbonyl (C=O) groups excluding carboxylic acids is 2. The third-order valence-electron chi connectivity index (χ3n) is 5.06. The molecular formula is C26H26BrNO5S. The predicted octanol–water partition coefficient (Wildman–Crippen LogP) is 6.59. The van der Waals surface area contributed by atoms with Gasteiger partial charge in [-0.2, -0.15) is 0 Å². The zero-order valence-corrected chi connectivity index (χ0v) is 21.8. The normalized spacial score (nSPS) is 10.9. The van der Waals surface area contributed by atoms with E-state index >= 15 is 0 Å². The Morgan fingerprint density at radius 2 is 1.82 bits per heavy atom. The molecule has 0 unspecified atom stereocenters. The van der Waals surface area contributed by atoms with Gasteiger partial charge < -0.3 is 19.5 Å². The summed E-state index contributed by atoms with van der Waals surface area (Å²) in [5, 5.41) is 5.12. The average Bonchev–Trinajstić information content (AvgIpc) is 3.26. The second kappa shape index (κ2) is 11.9. The quantitative estimate of drug-likeness (QED) is 0.243. The molecule has 0 radical (unpaired) electrons. The smallest absolute Gasteiger partial charge is 0.341 e. The van der Waals surface area contributed by atoms with Gasteiger partial charge >= 0.3 is 5.97 Å². The Kier molecular flexibility index (Phi) is 8.90. The van der Waals surface area contributed by atoms with Gasteiger partial charge in [-0.25, -0.2) is 4.79 Å². The van der Waals surface area contributed by atoms with Crippen molar-refractivity contribution >= 4 is 50.2 Å². The molecule has 0 fully saturated rings. The largest absolute Gasteiger partial charge is 0.493 e. The van der Waals surface area contributed by atoms with Gasteiger partial charge in [0.1, 0.15) is 10.6 Å². The molecule has 6 nitrogen and oxygen atoms in total. The summed E-state index contributed by atoms with van der Waals surface area (Å²) in [6.45, 7) is 4.08. The second-order valence-corrected chi connectivity index (χ2v) is 8.92. The van der Waals surface area contributed by atoms with Crippen LogP contribution < -0.4 is 14.8 Å². The van der Waals surface area contributed by atoms with E-state index in [1.165, 1.54) is 23.0 Å². The fraction of sp³-hybridized carbons (Fsp3) is 0.231. The van der Waals surface area contributed by atoms with Gasteiger partial charge in [-0.05, 0) is 64.2 Å². The Morgan fingerprint density at radius 3 is 2.44 bits per heavy atom. The number of amides is 1. The first kappa shape index (κ1) is 25.5. The van der Waals surface area contributed by atoms with Gasteiger partial charge in [-0.1, -0.05) is 31.2 Å². The Hall–Kier alpha value is -3.10. The number of aryl methyl sites for hydroxylation is 1. The van der Waals surface area contributed by atoms with Crippen LogP contribution in [0.15, 0.2) is 52.3 Å². The number of ether oxygens (including phenoxy) is 3. The van der Waals surface area contributed by atoms with Gasteiger partial charge in [0.05, 0.1) is 25.3 Å². The number of hydrogen-bond donors (Lipinski definition) is 1. The number of rotatable bonds is 9. The number of thiophene rings is 1. The lowest BCUT2D eigenvalue weighted by Crippen LogP contribution is -2.12. The third kappa shape index (κ3) is 5.87. The first-order valence-corrected chi connectivity index (χ1v) is 12.4. The highest BCUT2D eigenvalue weighted by Crippen LogP contribution is 2.38. The van der Waals surface area contributed by atoms with Crippen LogP contribution in [0.4, 0.5) is 5.00 Å². The van der Waals surface area contributed by atoms with Crippen molar-refractivity contribution in [3.8, 4) is 22.6 Å². The van der Waals surface area contributed by atoms with Crippen LogP contribution in [0, 0.1) is 0 Å². The minimum absolute atomic E-state index is 0.240. The molecule has 0 aliphatic carbocycles. The highest BCUT2D eigenvalue weighted by Gasteiger charge is 2.22. The fourth-order valence-corrected chi connectivity index (χ4v) is 4.93. The summed E-state index contributed by atoms with van der Waals surface area (Å²) >= 11 is 4.73. The van der Waals surface area contributed by atoms with Gasteiger partial charge in [-0.15, -0.1) is 11.3 Å². The van der Waals surface area contributed by atoms with Gasteiger partial charge in [0.2, 0.25) is 5.91 Å². The molecule has 0 spiro atoms. The molecule has 0 aliphatic rings. The van der Waals surface area contributed by atoms with E-state index in [0.29, 0.717) is 26.5 Å². The minimum atomic E-state index is -0.471. The SMILES string of the molecule is CCOC(=O)c1c(-c2ccc(CC)cc2)csc1NC(=O)C=Cc1cc(Br)c(OC)c(OC)c1.